The third-order valence-corrected chi connectivity index (χ3v) is 4.31. The highest BCUT2D eigenvalue weighted by Crippen LogP contribution is 2.27. The first kappa shape index (κ1) is 19.7. The minimum absolute atomic E-state index is 0.00194. The average molecular weight is 377 g/mol. The molecule has 0 radical (unpaired) electrons. The summed E-state index contributed by atoms with van der Waals surface area (Å²) in [6.45, 7) is 7.15. The summed E-state index contributed by atoms with van der Waals surface area (Å²) in [6, 6.07) is 20.1. The van der Waals surface area contributed by atoms with Crippen molar-refractivity contribution in [3.63, 3.8) is 0 Å². The highest BCUT2D eigenvalue weighted by Gasteiger charge is 2.03. The lowest BCUT2D eigenvalue weighted by Crippen LogP contribution is -2.22. The zero-order chi connectivity index (χ0) is 19.9. The van der Waals surface area contributed by atoms with Crippen molar-refractivity contribution in [1.29, 1.82) is 0 Å². The minimum Gasteiger partial charge on any atom is -0.493 e. The largest absolute Gasteiger partial charge is 0.493 e. The SMILES string of the molecule is CC(=O)NCCc1ccc2cc(Oc3ccc(OCC(C)C)cc3)ccc2c1. The van der Waals surface area contributed by atoms with Crippen LogP contribution in [0.1, 0.15) is 26.3 Å². The molecular formula is C24H27NO3. The molecule has 1 amide bonds. The van der Waals surface area contributed by atoms with Gasteiger partial charge in [0.25, 0.3) is 0 Å². The summed E-state index contributed by atoms with van der Waals surface area (Å²) in [5, 5.41) is 5.11. The second-order valence-corrected chi connectivity index (χ2v) is 7.35. The predicted molar refractivity (Wildman–Crippen MR) is 113 cm³/mol. The van der Waals surface area contributed by atoms with Crippen LogP contribution in [0.3, 0.4) is 0 Å². The van der Waals surface area contributed by atoms with Crippen LogP contribution in [0, 0.1) is 5.92 Å². The van der Waals surface area contributed by atoms with E-state index < -0.39 is 0 Å². The predicted octanol–water partition coefficient (Wildman–Crippen LogP) is 5.35. The van der Waals surface area contributed by atoms with Gasteiger partial charge in [0.05, 0.1) is 6.61 Å². The molecule has 0 unspecified atom stereocenters. The molecule has 0 atom stereocenters. The number of rotatable bonds is 8. The molecule has 4 heteroatoms. The Morgan fingerprint density at radius 2 is 1.54 bits per heavy atom. The maximum absolute atomic E-state index is 11.0. The lowest BCUT2D eigenvalue weighted by Gasteiger charge is -2.11. The Hall–Kier alpha value is -3.01. The van der Waals surface area contributed by atoms with E-state index in [1.54, 1.807) is 0 Å². The van der Waals surface area contributed by atoms with Gasteiger partial charge in [0, 0.05) is 13.5 Å². The number of benzene rings is 3. The van der Waals surface area contributed by atoms with Crippen LogP contribution in [-0.4, -0.2) is 19.1 Å². The Morgan fingerprint density at radius 1 is 0.893 bits per heavy atom. The average Bonchev–Trinajstić information content (AvgIpc) is 2.67. The first-order valence-electron chi connectivity index (χ1n) is 9.67. The van der Waals surface area contributed by atoms with E-state index in [1.807, 2.05) is 36.4 Å². The van der Waals surface area contributed by atoms with Crippen LogP contribution in [0.25, 0.3) is 10.8 Å². The second-order valence-electron chi connectivity index (χ2n) is 7.35. The summed E-state index contributed by atoms with van der Waals surface area (Å²) in [7, 11) is 0. The zero-order valence-electron chi connectivity index (χ0n) is 16.7. The third kappa shape index (κ3) is 5.74. The standard InChI is InChI=1S/C24H27NO3/c1-17(2)16-27-22-8-10-23(11-9-22)28-24-7-6-20-14-19(4-5-21(20)15-24)12-13-25-18(3)26/h4-11,14-15,17H,12-13,16H2,1-3H3,(H,25,26). The lowest BCUT2D eigenvalue weighted by atomic mass is 10.0. The summed E-state index contributed by atoms with van der Waals surface area (Å²) >= 11 is 0. The van der Waals surface area contributed by atoms with Crippen LogP contribution in [0.4, 0.5) is 0 Å². The zero-order valence-corrected chi connectivity index (χ0v) is 16.7. The number of carbonyl (C=O) groups excluding carboxylic acids is 1. The monoisotopic (exact) mass is 377 g/mol. The molecule has 1 N–H and O–H groups in total. The van der Waals surface area contributed by atoms with Gasteiger partial charge < -0.3 is 14.8 Å². The summed E-state index contributed by atoms with van der Waals surface area (Å²) in [5.41, 5.74) is 1.20. The molecule has 0 bridgehead atoms. The van der Waals surface area contributed by atoms with Crippen LogP contribution in [-0.2, 0) is 11.2 Å². The topological polar surface area (TPSA) is 47.6 Å². The Balaban J connectivity index is 1.64. The van der Waals surface area contributed by atoms with Crippen molar-refractivity contribution in [3.05, 3.63) is 66.2 Å². The van der Waals surface area contributed by atoms with Crippen molar-refractivity contribution < 1.29 is 14.3 Å². The van der Waals surface area contributed by atoms with Crippen molar-refractivity contribution in [2.24, 2.45) is 5.92 Å². The van der Waals surface area contributed by atoms with E-state index in [-0.39, 0.29) is 5.91 Å². The number of ether oxygens (including phenoxy) is 2. The lowest BCUT2D eigenvalue weighted by molar-refractivity contribution is -0.118. The van der Waals surface area contributed by atoms with Crippen molar-refractivity contribution in [2.45, 2.75) is 27.2 Å². The maximum atomic E-state index is 11.0. The summed E-state index contributed by atoms with van der Waals surface area (Å²) in [6.07, 6.45) is 0.818. The highest BCUT2D eigenvalue weighted by molar-refractivity contribution is 5.84. The molecule has 0 spiro atoms. The molecule has 0 saturated carbocycles. The number of carbonyl (C=O) groups is 1. The molecule has 0 aromatic heterocycles. The molecule has 146 valence electrons. The molecule has 3 aromatic rings. The van der Waals surface area contributed by atoms with Crippen LogP contribution >= 0.6 is 0 Å². The number of hydrogen-bond donors (Lipinski definition) is 1. The van der Waals surface area contributed by atoms with Gasteiger partial charge in [-0.15, -0.1) is 0 Å². The van der Waals surface area contributed by atoms with Gasteiger partial charge in [-0.25, -0.2) is 0 Å². The number of fused-ring (bicyclic) bond motifs is 1. The van der Waals surface area contributed by atoms with Crippen LogP contribution in [0.15, 0.2) is 60.7 Å². The Morgan fingerprint density at radius 3 is 2.25 bits per heavy atom. The second kappa shape index (κ2) is 9.27. The fourth-order valence-corrected chi connectivity index (χ4v) is 2.88. The summed E-state index contributed by atoms with van der Waals surface area (Å²) in [5.74, 6) is 2.94. The summed E-state index contributed by atoms with van der Waals surface area (Å²) in [4.78, 5) is 11.0. The van der Waals surface area contributed by atoms with Gasteiger partial charge in [-0.3, -0.25) is 4.79 Å². The summed E-state index contributed by atoms with van der Waals surface area (Å²) < 4.78 is 11.7. The van der Waals surface area contributed by atoms with E-state index >= 15 is 0 Å². The number of hydrogen-bond acceptors (Lipinski definition) is 3. The maximum Gasteiger partial charge on any atom is 0.216 e. The molecule has 3 rings (SSSR count). The molecule has 0 aliphatic carbocycles. The highest BCUT2D eigenvalue weighted by atomic mass is 16.5. The number of nitrogens with one attached hydrogen (secondary N) is 1. The van der Waals surface area contributed by atoms with Crippen LogP contribution in [0.5, 0.6) is 17.2 Å². The van der Waals surface area contributed by atoms with E-state index in [2.05, 4.69) is 43.4 Å². The fraction of sp³-hybridized carbons (Fsp3) is 0.292. The van der Waals surface area contributed by atoms with Crippen LogP contribution < -0.4 is 14.8 Å². The van der Waals surface area contributed by atoms with E-state index in [0.717, 1.165) is 34.4 Å². The molecule has 0 fully saturated rings. The Kier molecular flexibility index (Phi) is 6.53. The molecular weight excluding hydrogens is 350 g/mol. The minimum atomic E-state index is 0.00194. The normalized spacial score (nSPS) is 10.9. The molecule has 0 aliphatic heterocycles. The Bertz CT molecular complexity index is 932. The van der Waals surface area contributed by atoms with Gasteiger partial charge >= 0.3 is 0 Å². The van der Waals surface area contributed by atoms with E-state index in [1.165, 1.54) is 12.5 Å². The van der Waals surface area contributed by atoms with Crippen LogP contribution in [0.2, 0.25) is 0 Å². The Labute approximate surface area is 166 Å². The van der Waals surface area contributed by atoms with Crippen molar-refractivity contribution in [2.75, 3.05) is 13.2 Å². The quantitative estimate of drug-likeness (QED) is 0.576. The van der Waals surface area contributed by atoms with Crippen molar-refractivity contribution in [3.8, 4) is 17.2 Å². The molecule has 0 saturated heterocycles. The van der Waals surface area contributed by atoms with Gasteiger partial charge in [0.1, 0.15) is 17.2 Å². The van der Waals surface area contributed by atoms with Gasteiger partial charge in [0.15, 0.2) is 0 Å². The first-order valence-corrected chi connectivity index (χ1v) is 9.67. The van der Waals surface area contributed by atoms with E-state index in [9.17, 15) is 4.79 Å². The number of amides is 1. The van der Waals surface area contributed by atoms with Gasteiger partial charge in [-0.2, -0.15) is 0 Å². The third-order valence-electron chi connectivity index (χ3n) is 4.31. The molecule has 0 heterocycles. The molecule has 3 aromatic carbocycles. The molecule has 0 aliphatic rings. The van der Waals surface area contributed by atoms with Gasteiger partial charge in [-0.05, 0) is 65.1 Å². The molecule has 28 heavy (non-hydrogen) atoms. The van der Waals surface area contributed by atoms with Crippen molar-refractivity contribution in [1.82, 2.24) is 5.32 Å². The fourth-order valence-electron chi connectivity index (χ4n) is 2.88. The smallest absolute Gasteiger partial charge is 0.216 e. The van der Waals surface area contributed by atoms with Gasteiger partial charge in [-0.1, -0.05) is 38.1 Å². The molecule has 4 nitrogen and oxygen atoms in total. The van der Waals surface area contributed by atoms with E-state index in [4.69, 9.17) is 9.47 Å². The van der Waals surface area contributed by atoms with E-state index in [0.29, 0.717) is 19.1 Å². The first-order chi connectivity index (χ1) is 13.5. The van der Waals surface area contributed by atoms with Crippen molar-refractivity contribution >= 4 is 16.7 Å². The van der Waals surface area contributed by atoms with Gasteiger partial charge in [0.2, 0.25) is 5.91 Å².